The quantitative estimate of drug-likeness (QED) is 0.820. The normalized spacial score (nSPS) is 11.2. The summed E-state index contributed by atoms with van der Waals surface area (Å²) in [6, 6.07) is 12.4. The van der Waals surface area contributed by atoms with Crippen LogP contribution in [0.4, 0.5) is 11.4 Å². The number of aryl methyl sites for hydroxylation is 2. The Kier molecular flexibility index (Phi) is 5.66. The molecule has 24 heavy (non-hydrogen) atoms. The summed E-state index contributed by atoms with van der Waals surface area (Å²) in [6.45, 7) is 3.50. The summed E-state index contributed by atoms with van der Waals surface area (Å²) in [6.07, 6.45) is 1.09. The second-order valence-electron chi connectivity index (χ2n) is 5.62. The highest BCUT2D eigenvalue weighted by Crippen LogP contribution is 2.21. The van der Waals surface area contributed by atoms with E-state index in [4.69, 9.17) is 0 Å². The van der Waals surface area contributed by atoms with Crippen molar-refractivity contribution in [3.63, 3.8) is 0 Å². The molecule has 0 saturated heterocycles. The van der Waals surface area contributed by atoms with Crippen LogP contribution in [0.25, 0.3) is 0 Å². The number of hydrogen-bond acceptors (Lipinski definition) is 3. The first-order chi connectivity index (χ1) is 11.2. The zero-order valence-electron chi connectivity index (χ0n) is 13.7. The Bertz CT molecular complexity index is 866. The Hall–Kier alpha value is -1.86. The minimum absolute atomic E-state index is 0.280. The molecule has 128 valence electrons. The van der Waals surface area contributed by atoms with Crippen molar-refractivity contribution >= 4 is 43.2 Å². The zero-order chi connectivity index (χ0) is 17.9. The van der Waals surface area contributed by atoms with Gasteiger partial charge in [-0.2, -0.15) is 0 Å². The highest BCUT2D eigenvalue weighted by Gasteiger charge is 2.21. The van der Waals surface area contributed by atoms with E-state index in [1.54, 1.807) is 24.3 Å². The van der Waals surface area contributed by atoms with Gasteiger partial charge in [-0.15, -0.1) is 0 Å². The Labute approximate surface area is 150 Å². The van der Waals surface area contributed by atoms with Crippen molar-refractivity contribution in [2.75, 3.05) is 22.4 Å². The topological polar surface area (TPSA) is 66.5 Å². The lowest BCUT2D eigenvalue weighted by Gasteiger charge is -2.22. The summed E-state index contributed by atoms with van der Waals surface area (Å²) in [5.41, 5.74) is 2.99. The summed E-state index contributed by atoms with van der Waals surface area (Å²) in [4.78, 5) is 12.3. The lowest BCUT2D eigenvalue weighted by molar-refractivity contribution is -0.114. The van der Waals surface area contributed by atoms with E-state index in [1.165, 1.54) is 0 Å². The maximum absolute atomic E-state index is 12.3. The van der Waals surface area contributed by atoms with E-state index in [1.807, 2.05) is 32.0 Å². The number of carbonyl (C=O) groups is 1. The van der Waals surface area contributed by atoms with Crippen molar-refractivity contribution in [3.05, 3.63) is 58.1 Å². The van der Waals surface area contributed by atoms with Crippen LogP contribution in [0.15, 0.2) is 46.9 Å². The fourth-order valence-corrected chi connectivity index (χ4v) is 3.33. The molecule has 0 bridgehead atoms. The van der Waals surface area contributed by atoms with Gasteiger partial charge in [-0.3, -0.25) is 9.10 Å². The predicted molar refractivity (Wildman–Crippen MR) is 101 cm³/mol. The number of nitrogens with one attached hydrogen (secondary N) is 1. The molecule has 0 heterocycles. The van der Waals surface area contributed by atoms with Gasteiger partial charge in [0, 0.05) is 10.2 Å². The van der Waals surface area contributed by atoms with Crippen molar-refractivity contribution in [1.29, 1.82) is 0 Å². The number of rotatable bonds is 5. The van der Waals surface area contributed by atoms with Gasteiger partial charge in [-0.25, -0.2) is 8.42 Å². The lowest BCUT2D eigenvalue weighted by atomic mass is 10.2. The molecule has 0 aliphatic heterocycles. The molecule has 1 N–H and O–H groups in total. The molecule has 0 saturated carbocycles. The van der Waals surface area contributed by atoms with E-state index >= 15 is 0 Å². The van der Waals surface area contributed by atoms with Crippen LogP contribution in [0.3, 0.4) is 0 Å². The molecule has 7 heteroatoms. The first kappa shape index (κ1) is 18.5. The van der Waals surface area contributed by atoms with Gasteiger partial charge in [0.05, 0.1) is 11.9 Å². The largest absolute Gasteiger partial charge is 0.325 e. The van der Waals surface area contributed by atoms with Crippen LogP contribution in [0.1, 0.15) is 11.1 Å². The molecule has 0 radical (unpaired) electrons. The van der Waals surface area contributed by atoms with Gasteiger partial charge in [-0.05, 0) is 55.3 Å². The second-order valence-corrected chi connectivity index (χ2v) is 8.38. The molecular weight excluding hydrogens is 392 g/mol. The van der Waals surface area contributed by atoms with Crippen LogP contribution < -0.4 is 9.62 Å². The third-order valence-electron chi connectivity index (χ3n) is 3.42. The Morgan fingerprint density at radius 3 is 2.46 bits per heavy atom. The molecule has 5 nitrogen and oxygen atoms in total. The molecule has 0 aliphatic carbocycles. The molecule has 2 aromatic rings. The van der Waals surface area contributed by atoms with Gasteiger partial charge in [0.1, 0.15) is 6.54 Å². The fourth-order valence-electron chi connectivity index (χ4n) is 2.24. The van der Waals surface area contributed by atoms with Crippen molar-refractivity contribution in [3.8, 4) is 0 Å². The molecule has 0 aromatic heterocycles. The maximum atomic E-state index is 12.3. The van der Waals surface area contributed by atoms with E-state index in [0.29, 0.717) is 11.4 Å². The summed E-state index contributed by atoms with van der Waals surface area (Å²) < 4.78 is 26.2. The average molecular weight is 411 g/mol. The molecule has 0 aliphatic rings. The third kappa shape index (κ3) is 4.82. The van der Waals surface area contributed by atoms with E-state index in [0.717, 1.165) is 26.2 Å². The van der Waals surface area contributed by atoms with Crippen LogP contribution in [0, 0.1) is 13.8 Å². The van der Waals surface area contributed by atoms with Gasteiger partial charge in [0.15, 0.2) is 0 Å². The molecule has 2 rings (SSSR count). The molecule has 1 amide bonds. The first-order valence-electron chi connectivity index (χ1n) is 7.27. The Balaban J connectivity index is 2.20. The van der Waals surface area contributed by atoms with E-state index in [-0.39, 0.29) is 6.54 Å². The minimum atomic E-state index is -3.57. The molecule has 2 aromatic carbocycles. The average Bonchev–Trinajstić information content (AvgIpc) is 2.47. The van der Waals surface area contributed by atoms with Gasteiger partial charge in [0.2, 0.25) is 15.9 Å². The molecule has 0 atom stereocenters. The van der Waals surface area contributed by atoms with E-state index in [2.05, 4.69) is 21.2 Å². The fraction of sp³-hybridized carbons (Fsp3) is 0.235. The van der Waals surface area contributed by atoms with Crippen LogP contribution in [0.2, 0.25) is 0 Å². The van der Waals surface area contributed by atoms with Gasteiger partial charge >= 0.3 is 0 Å². The highest BCUT2D eigenvalue weighted by atomic mass is 79.9. The van der Waals surface area contributed by atoms with Crippen LogP contribution in [-0.4, -0.2) is 27.1 Å². The number of benzene rings is 2. The number of nitrogens with zero attached hydrogens (tertiary/aromatic N) is 1. The van der Waals surface area contributed by atoms with Gasteiger partial charge in [0.25, 0.3) is 0 Å². The third-order valence-corrected chi connectivity index (χ3v) is 5.45. The highest BCUT2D eigenvalue weighted by molar-refractivity contribution is 9.10. The van der Waals surface area contributed by atoms with Gasteiger partial charge in [-0.1, -0.05) is 28.1 Å². The molecule has 0 fully saturated rings. The number of halogens is 1. The number of sulfonamides is 1. The van der Waals surface area contributed by atoms with Crippen LogP contribution >= 0.6 is 15.9 Å². The summed E-state index contributed by atoms with van der Waals surface area (Å²) in [5.74, 6) is -0.399. The zero-order valence-corrected chi connectivity index (χ0v) is 16.1. The number of amides is 1. The molecule has 0 spiro atoms. The van der Waals surface area contributed by atoms with Crippen LogP contribution in [0.5, 0.6) is 0 Å². The van der Waals surface area contributed by atoms with E-state index < -0.39 is 15.9 Å². The number of hydrogen-bond donors (Lipinski definition) is 1. The number of carbonyl (C=O) groups excluding carboxylic acids is 1. The summed E-state index contributed by atoms with van der Waals surface area (Å²) in [7, 11) is -3.57. The molecular formula is C17H19BrN2O3S. The SMILES string of the molecule is Cc1cccc(N(CC(=O)Nc2ccc(Br)c(C)c2)S(C)(=O)=O)c1. The molecule has 0 unspecified atom stereocenters. The summed E-state index contributed by atoms with van der Waals surface area (Å²) in [5, 5.41) is 2.73. The Morgan fingerprint density at radius 2 is 1.88 bits per heavy atom. The summed E-state index contributed by atoms with van der Waals surface area (Å²) >= 11 is 3.40. The van der Waals surface area contributed by atoms with Crippen molar-refractivity contribution in [2.45, 2.75) is 13.8 Å². The van der Waals surface area contributed by atoms with Crippen LogP contribution in [-0.2, 0) is 14.8 Å². The monoisotopic (exact) mass is 410 g/mol. The van der Waals surface area contributed by atoms with E-state index in [9.17, 15) is 13.2 Å². The lowest BCUT2D eigenvalue weighted by Crippen LogP contribution is -2.37. The van der Waals surface area contributed by atoms with Crippen molar-refractivity contribution in [2.24, 2.45) is 0 Å². The van der Waals surface area contributed by atoms with Crippen molar-refractivity contribution in [1.82, 2.24) is 0 Å². The first-order valence-corrected chi connectivity index (χ1v) is 9.91. The van der Waals surface area contributed by atoms with Crippen molar-refractivity contribution < 1.29 is 13.2 Å². The predicted octanol–water partition coefficient (Wildman–Crippen LogP) is 3.47. The second kappa shape index (κ2) is 7.36. The standard InChI is InChI=1S/C17H19BrN2O3S/c1-12-5-4-6-15(9-12)20(24(3,22)23)11-17(21)19-14-7-8-16(18)13(2)10-14/h4-10H,11H2,1-3H3,(H,19,21). The minimum Gasteiger partial charge on any atom is -0.325 e. The number of anilines is 2. The van der Waals surface area contributed by atoms with Gasteiger partial charge < -0.3 is 5.32 Å². The smallest absolute Gasteiger partial charge is 0.245 e. The Morgan fingerprint density at radius 1 is 1.17 bits per heavy atom. The maximum Gasteiger partial charge on any atom is 0.245 e.